The van der Waals surface area contributed by atoms with Gasteiger partial charge in [0.25, 0.3) is 0 Å². The maximum atomic E-state index is 12.3. The maximum absolute atomic E-state index is 12.3. The maximum Gasteiger partial charge on any atom is 0.321 e. The Balaban J connectivity index is 1.54. The number of hydrogen-bond donors (Lipinski definition) is 1. The molecular formula is C19H26N4OS. The zero-order valence-corrected chi connectivity index (χ0v) is 16.0. The highest BCUT2D eigenvalue weighted by Crippen LogP contribution is 2.24. The summed E-state index contributed by atoms with van der Waals surface area (Å²) in [7, 11) is 1.79. The quantitative estimate of drug-likeness (QED) is 0.884. The summed E-state index contributed by atoms with van der Waals surface area (Å²) in [5.74, 6) is 0.826. The van der Waals surface area contributed by atoms with Gasteiger partial charge in [-0.05, 0) is 49.9 Å². The molecule has 25 heavy (non-hydrogen) atoms. The molecular weight excluding hydrogens is 332 g/mol. The second-order valence-corrected chi connectivity index (χ2v) is 7.92. The molecule has 0 saturated carbocycles. The molecule has 1 aliphatic heterocycles. The summed E-state index contributed by atoms with van der Waals surface area (Å²) in [6.45, 7) is 7.03. The fourth-order valence-corrected chi connectivity index (χ4v) is 3.64. The van der Waals surface area contributed by atoms with Gasteiger partial charge in [-0.2, -0.15) is 0 Å². The average Bonchev–Trinajstić information content (AvgIpc) is 3.01. The van der Waals surface area contributed by atoms with E-state index >= 15 is 0 Å². The van der Waals surface area contributed by atoms with Crippen LogP contribution in [0.2, 0.25) is 0 Å². The van der Waals surface area contributed by atoms with Crippen LogP contribution in [0.15, 0.2) is 29.6 Å². The van der Waals surface area contributed by atoms with Crippen molar-refractivity contribution in [2.45, 2.75) is 33.2 Å². The van der Waals surface area contributed by atoms with Gasteiger partial charge >= 0.3 is 6.03 Å². The van der Waals surface area contributed by atoms with Gasteiger partial charge in [0.15, 0.2) is 0 Å². The molecule has 3 rings (SSSR count). The van der Waals surface area contributed by atoms with Crippen molar-refractivity contribution >= 4 is 28.7 Å². The first-order chi connectivity index (χ1) is 12.0. The lowest BCUT2D eigenvalue weighted by Crippen LogP contribution is -2.32. The van der Waals surface area contributed by atoms with Crippen LogP contribution in [0.1, 0.15) is 30.5 Å². The van der Waals surface area contributed by atoms with Crippen LogP contribution in [0.3, 0.4) is 0 Å². The molecule has 2 heterocycles. The van der Waals surface area contributed by atoms with Crippen LogP contribution in [0.5, 0.6) is 0 Å². The van der Waals surface area contributed by atoms with E-state index < -0.39 is 0 Å². The Kier molecular flexibility index (Phi) is 5.58. The van der Waals surface area contributed by atoms with Crippen molar-refractivity contribution in [3.05, 3.63) is 40.3 Å². The number of rotatable bonds is 4. The number of piperidine rings is 1. The van der Waals surface area contributed by atoms with Gasteiger partial charge in [-0.15, -0.1) is 11.3 Å². The minimum Gasteiger partial charge on any atom is -0.372 e. The van der Waals surface area contributed by atoms with E-state index in [-0.39, 0.29) is 6.03 Å². The van der Waals surface area contributed by atoms with Crippen molar-refractivity contribution in [1.82, 2.24) is 9.88 Å². The molecule has 1 N–H and O–H groups in total. The minimum atomic E-state index is -0.120. The average molecular weight is 359 g/mol. The molecule has 2 amide bonds. The second-order valence-electron chi connectivity index (χ2n) is 6.86. The molecule has 2 aromatic rings. The normalized spacial score (nSPS) is 15.2. The van der Waals surface area contributed by atoms with Gasteiger partial charge in [0.05, 0.1) is 17.2 Å². The number of thiazole rings is 1. The van der Waals surface area contributed by atoms with Crippen molar-refractivity contribution in [2.24, 2.45) is 5.92 Å². The Morgan fingerprint density at radius 1 is 1.32 bits per heavy atom. The molecule has 6 heteroatoms. The van der Waals surface area contributed by atoms with Crippen molar-refractivity contribution in [3.8, 4) is 0 Å². The lowest BCUT2D eigenvalue weighted by molar-refractivity contribution is 0.220. The van der Waals surface area contributed by atoms with Crippen LogP contribution in [0, 0.1) is 12.8 Å². The minimum absolute atomic E-state index is 0.120. The predicted molar refractivity (Wildman–Crippen MR) is 104 cm³/mol. The summed E-state index contributed by atoms with van der Waals surface area (Å²) in [6.07, 6.45) is 2.50. The molecule has 1 fully saturated rings. The highest BCUT2D eigenvalue weighted by atomic mass is 32.1. The van der Waals surface area contributed by atoms with Crippen LogP contribution in [0.25, 0.3) is 0 Å². The largest absolute Gasteiger partial charge is 0.372 e. The number of carbonyl (C=O) groups is 1. The number of nitrogens with one attached hydrogen (secondary N) is 1. The number of anilines is 2. The molecule has 1 aliphatic rings. The molecule has 0 atom stereocenters. The highest BCUT2D eigenvalue weighted by molar-refractivity contribution is 7.09. The molecule has 5 nitrogen and oxygen atoms in total. The standard InChI is InChI=1S/C19H26N4OS/c1-14-8-10-23(11-9-14)18-6-4-16(5-7-18)21-19(24)22(3)12-17-13-25-15(2)20-17/h4-7,13-14H,8-12H2,1-3H3,(H,21,24). The van der Waals surface area contributed by atoms with Crippen molar-refractivity contribution < 1.29 is 4.79 Å². The van der Waals surface area contributed by atoms with Crippen LogP contribution < -0.4 is 10.2 Å². The van der Waals surface area contributed by atoms with Gasteiger partial charge in [-0.3, -0.25) is 0 Å². The van der Waals surface area contributed by atoms with E-state index in [1.807, 2.05) is 24.4 Å². The molecule has 134 valence electrons. The summed E-state index contributed by atoms with van der Waals surface area (Å²) >= 11 is 1.60. The zero-order chi connectivity index (χ0) is 17.8. The van der Waals surface area contributed by atoms with Gasteiger partial charge in [0.1, 0.15) is 0 Å². The summed E-state index contributed by atoms with van der Waals surface area (Å²) in [5.41, 5.74) is 2.98. The molecule has 1 saturated heterocycles. The van der Waals surface area contributed by atoms with Crippen LogP contribution in [-0.2, 0) is 6.54 Å². The summed E-state index contributed by atoms with van der Waals surface area (Å²) < 4.78 is 0. The number of aryl methyl sites for hydroxylation is 1. The molecule has 0 spiro atoms. The SMILES string of the molecule is Cc1nc(CN(C)C(=O)Nc2ccc(N3CCC(C)CC3)cc2)cs1. The first kappa shape index (κ1) is 17.7. The van der Waals surface area contributed by atoms with Crippen LogP contribution in [0.4, 0.5) is 16.2 Å². The molecule has 0 unspecified atom stereocenters. The number of hydrogen-bond acceptors (Lipinski definition) is 4. The molecule has 0 radical (unpaired) electrons. The topological polar surface area (TPSA) is 48.5 Å². The first-order valence-corrected chi connectivity index (χ1v) is 9.67. The van der Waals surface area contributed by atoms with Gasteiger partial charge in [0.2, 0.25) is 0 Å². The third-order valence-electron chi connectivity index (χ3n) is 4.68. The second kappa shape index (κ2) is 7.87. The fraction of sp³-hybridized carbons (Fsp3) is 0.474. The number of carbonyl (C=O) groups excluding carboxylic acids is 1. The van der Waals surface area contributed by atoms with Crippen molar-refractivity contribution in [1.29, 1.82) is 0 Å². The van der Waals surface area contributed by atoms with E-state index in [1.54, 1.807) is 23.3 Å². The van der Waals surface area contributed by atoms with Crippen molar-refractivity contribution in [2.75, 3.05) is 30.4 Å². The predicted octanol–water partition coefficient (Wildman–Crippen LogP) is 4.35. The Morgan fingerprint density at radius 3 is 2.60 bits per heavy atom. The number of amides is 2. The van der Waals surface area contributed by atoms with Gasteiger partial charge < -0.3 is 15.1 Å². The third-order valence-corrected chi connectivity index (χ3v) is 5.50. The highest BCUT2D eigenvalue weighted by Gasteiger charge is 2.16. The number of aromatic nitrogens is 1. The van der Waals surface area contributed by atoms with E-state index in [4.69, 9.17) is 0 Å². The Morgan fingerprint density at radius 2 is 2.00 bits per heavy atom. The Labute approximate surface area is 153 Å². The summed E-state index contributed by atoms with van der Waals surface area (Å²) in [4.78, 5) is 20.8. The molecule has 0 bridgehead atoms. The Bertz CT molecular complexity index is 704. The first-order valence-electron chi connectivity index (χ1n) is 8.79. The fourth-order valence-electron chi connectivity index (χ4n) is 3.04. The van der Waals surface area contributed by atoms with E-state index in [2.05, 4.69) is 34.3 Å². The Hall–Kier alpha value is -2.08. The van der Waals surface area contributed by atoms with E-state index in [0.29, 0.717) is 6.54 Å². The van der Waals surface area contributed by atoms with E-state index in [1.165, 1.54) is 18.5 Å². The molecule has 1 aromatic carbocycles. The summed E-state index contributed by atoms with van der Waals surface area (Å²) in [6, 6.07) is 8.02. The van der Waals surface area contributed by atoms with Gasteiger partial charge in [0, 0.05) is 36.9 Å². The lowest BCUT2D eigenvalue weighted by Gasteiger charge is -2.32. The van der Waals surface area contributed by atoms with Gasteiger partial charge in [-0.1, -0.05) is 6.92 Å². The third kappa shape index (κ3) is 4.72. The van der Waals surface area contributed by atoms with E-state index in [9.17, 15) is 4.79 Å². The van der Waals surface area contributed by atoms with Gasteiger partial charge in [-0.25, -0.2) is 9.78 Å². The van der Waals surface area contributed by atoms with E-state index in [0.717, 1.165) is 35.4 Å². The smallest absolute Gasteiger partial charge is 0.321 e. The van der Waals surface area contributed by atoms with Crippen LogP contribution in [-0.4, -0.2) is 36.1 Å². The number of urea groups is 1. The number of benzene rings is 1. The summed E-state index contributed by atoms with van der Waals surface area (Å²) in [5, 5.41) is 5.96. The zero-order valence-electron chi connectivity index (χ0n) is 15.2. The van der Waals surface area contributed by atoms with Crippen molar-refractivity contribution in [3.63, 3.8) is 0 Å². The number of nitrogens with zero attached hydrogens (tertiary/aromatic N) is 3. The molecule has 0 aliphatic carbocycles. The van der Waals surface area contributed by atoms with Crippen LogP contribution >= 0.6 is 11.3 Å². The monoisotopic (exact) mass is 358 g/mol. The lowest BCUT2D eigenvalue weighted by atomic mass is 9.99. The molecule has 1 aromatic heterocycles.